The zero-order valence-electron chi connectivity index (χ0n) is 10.2. The molecule has 0 spiro atoms. The molecule has 0 bridgehead atoms. The van der Waals surface area contributed by atoms with Crippen LogP contribution in [0.25, 0.3) is 0 Å². The van der Waals surface area contributed by atoms with Crippen molar-refractivity contribution in [3.8, 4) is 0 Å². The molecule has 2 heteroatoms. The van der Waals surface area contributed by atoms with E-state index >= 15 is 0 Å². The summed E-state index contributed by atoms with van der Waals surface area (Å²) in [5, 5.41) is 3.42. The van der Waals surface area contributed by atoms with Gasteiger partial charge in [-0.15, -0.1) is 0 Å². The second-order valence-electron chi connectivity index (χ2n) is 3.28. The molecule has 0 aromatic rings. The van der Waals surface area contributed by atoms with Crippen molar-refractivity contribution in [2.45, 2.75) is 40.5 Å². The zero-order valence-corrected chi connectivity index (χ0v) is 11.8. The van der Waals surface area contributed by atoms with Crippen molar-refractivity contribution >= 4 is 15.9 Å². The van der Waals surface area contributed by atoms with Crippen molar-refractivity contribution in [1.82, 2.24) is 5.32 Å². The topological polar surface area (TPSA) is 12.0 Å². The summed E-state index contributed by atoms with van der Waals surface area (Å²) in [5.74, 6) is 0. The van der Waals surface area contributed by atoms with Gasteiger partial charge in [0.1, 0.15) is 0 Å². The normalized spacial score (nSPS) is 15.1. The average Bonchev–Trinajstić information content (AvgIpc) is 2.42. The summed E-state index contributed by atoms with van der Waals surface area (Å²) >= 11 is 3.53. The van der Waals surface area contributed by atoms with Crippen molar-refractivity contribution in [2.75, 3.05) is 6.54 Å². The van der Waals surface area contributed by atoms with Crippen molar-refractivity contribution in [3.05, 3.63) is 34.0 Å². The van der Waals surface area contributed by atoms with Crippen LogP contribution in [0.1, 0.15) is 40.5 Å². The lowest BCUT2D eigenvalue weighted by atomic mass is 10.1. The maximum atomic E-state index is 3.53. The highest BCUT2D eigenvalue weighted by Crippen LogP contribution is 2.21. The van der Waals surface area contributed by atoms with Crippen LogP contribution in [-0.2, 0) is 0 Å². The van der Waals surface area contributed by atoms with Crippen LogP contribution >= 0.6 is 15.9 Å². The van der Waals surface area contributed by atoms with Crippen LogP contribution in [-0.4, -0.2) is 6.54 Å². The monoisotopic (exact) mass is 271 g/mol. The predicted octanol–water partition coefficient (Wildman–Crippen LogP) is 4.52. The molecular weight excluding hydrogens is 250 g/mol. The fraction of sp³-hybridized carbons (Fsp3) is 0.538. The minimum atomic E-state index is 1.02. The molecule has 15 heavy (non-hydrogen) atoms. The van der Waals surface area contributed by atoms with Gasteiger partial charge >= 0.3 is 0 Å². The number of rotatable bonds is 3. The van der Waals surface area contributed by atoms with E-state index in [9.17, 15) is 0 Å². The molecule has 0 amide bonds. The summed E-state index contributed by atoms with van der Waals surface area (Å²) in [6.07, 6.45) is 8.51. The Morgan fingerprint density at radius 2 is 2.07 bits per heavy atom. The first-order chi connectivity index (χ1) is 7.24. The molecule has 1 nitrogen and oxygen atoms in total. The summed E-state index contributed by atoms with van der Waals surface area (Å²) in [6.45, 7) is 9.39. The van der Waals surface area contributed by atoms with Crippen LogP contribution in [0.3, 0.4) is 0 Å². The molecule has 1 rings (SSSR count). The molecule has 1 aliphatic carbocycles. The molecule has 1 N–H and O–H groups in total. The van der Waals surface area contributed by atoms with Crippen molar-refractivity contribution in [1.29, 1.82) is 0 Å². The third-order valence-electron chi connectivity index (χ3n) is 2.01. The quantitative estimate of drug-likeness (QED) is 0.796. The Kier molecular flexibility index (Phi) is 8.49. The van der Waals surface area contributed by atoms with E-state index in [1.54, 1.807) is 0 Å². The maximum Gasteiger partial charge on any atom is 0.0168 e. The highest BCUT2D eigenvalue weighted by molar-refractivity contribution is 9.11. The molecule has 0 aromatic carbocycles. The number of hydrogen-bond acceptors (Lipinski definition) is 1. The van der Waals surface area contributed by atoms with Gasteiger partial charge in [0.25, 0.3) is 0 Å². The first kappa shape index (κ1) is 14.5. The third-order valence-corrected chi connectivity index (χ3v) is 2.95. The summed E-state index contributed by atoms with van der Waals surface area (Å²) in [7, 11) is 0. The van der Waals surface area contributed by atoms with Gasteiger partial charge in [-0.25, -0.2) is 0 Å². The van der Waals surface area contributed by atoms with Gasteiger partial charge in [0, 0.05) is 23.1 Å². The van der Waals surface area contributed by atoms with Gasteiger partial charge in [-0.05, 0) is 25.5 Å². The summed E-state index contributed by atoms with van der Waals surface area (Å²) in [5.41, 5.74) is 2.69. The van der Waals surface area contributed by atoms with E-state index in [0.29, 0.717) is 0 Å². The Bertz CT molecular complexity index is 262. The van der Waals surface area contributed by atoms with Crippen LogP contribution in [0.15, 0.2) is 34.0 Å². The van der Waals surface area contributed by atoms with E-state index in [-0.39, 0.29) is 0 Å². The number of allylic oxidation sites excluding steroid dienone is 5. The molecule has 0 unspecified atom stereocenters. The first-order valence-electron chi connectivity index (χ1n) is 5.70. The van der Waals surface area contributed by atoms with Gasteiger partial charge in [-0.2, -0.15) is 0 Å². The third kappa shape index (κ3) is 5.83. The molecular formula is C13H22BrN. The Morgan fingerprint density at radius 1 is 1.40 bits per heavy atom. The molecule has 0 aliphatic heterocycles. The van der Waals surface area contributed by atoms with Gasteiger partial charge in [0.15, 0.2) is 0 Å². The molecule has 0 saturated heterocycles. The largest absolute Gasteiger partial charge is 0.388 e. The molecule has 1 aliphatic rings. The van der Waals surface area contributed by atoms with Crippen molar-refractivity contribution < 1.29 is 0 Å². The summed E-state index contributed by atoms with van der Waals surface area (Å²) < 4.78 is 1.21. The van der Waals surface area contributed by atoms with E-state index in [1.165, 1.54) is 22.2 Å². The van der Waals surface area contributed by atoms with Gasteiger partial charge in [-0.1, -0.05) is 48.4 Å². The van der Waals surface area contributed by atoms with Crippen molar-refractivity contribution in [2.24, 2.45) is 0 Å². The number of nitrogens with one attached hydrogen (secondary N) is 1. The lowest BCUT2D eigenvalue weighted by Crippen LogP contribution is -2.13. The molecule has 0 aromatic heterocycles. The highest BCUT2D eigenvalue weighted by Gasteiger charge is 2.02. The van der Waals surface area contributed by atoms with Gasteiger partial charge in [0.2, 0.25) is 0 Å². The van der Waals surface area contributed by atoms with E-state index in [1.807, 2.05) is 13.8 Å². The van der Waals surface area contributed by atoms with Crippen LogP contribution in [0, 0.1) is 0 Å². The summed E-state index contributed by atoms with van der Waals surface area (Å²) in [4.78, 5) is 0. The first-order valence-corrected chi connectivity index (χ1v) is 6.49. The van der Waals surface area contributed by atoms with Crippen LogP contribution in [0.5, 0.6) is 0 Å². The average molecular weight is 272 g/mol. The van der Waals surface area contributed by atoms with Crippen LogP contribution in [0.4, 0.5) is 0 Å². The number of hydrogen-bond donors (Lipinski definition) is 1. The molecule has 0 saturated carbocycles. The Hall–Kier alpha value is -0.500. The lowest BCUT2D eigenvalue weighted by molar-refractivity contribution is 0.748. The smallest absolute Gasteiger partial charge is 0.0168 e. The second-order valence-corrected chi connectivity index (χ2v) is 4.14. The lowest BCUT2D eigenvalue weighted by Gasteiger charge is -2.09. The Morgan fingerprint density at radius 3 is 2.67 bits per heavy atom. The number of halogens is 1. The minimum absolute atomic E-state index is 1.02. The van der Waals surface area contributed by atoms with Gasteiger partial charge < -0.3 is 5.32 Å². The van der Waals surface area contributed by atoms with Gasteiger partial charge in [-0.3, -0.25) is 0 Å². The SMILES string of the molecule is CC.CCCNC1=CC=CC(Br)=C(C)C1. The fourth-order valence-corrected chi connectivity index (χ4v) is 1.52. The zero-order chi connectivity index (χ0) is 11.7. The van der Waals surface area contributed by atoms with E-state index < -0.39 is 0 Å². The molecule has 0 fully saturated rings. The minimum Gasteiger partial charge on any atom is -0.388 e. The van der Waals surface area contributed by atoms with Crippen LogP contribution in [0.2, 0.25) is 0 Å². The Balaban J connectivity index is 0.000000921. The van der Waals surface area contributed by atoms with Crippen molar-refractivity contribution in [3.63, 3.8) is 0 Å². The second kappa shape index (κ2) is 8.78. The highest BCUT2D eigenvalue weighted by atomic mass is 79.9. The van der Waals surface area contributed by atoms with E-state index in [2.05, 4.69) is 53.3 Å². The fourth-order valence-electron chi connectivity index (χ4n) is 1.23. The van der Waals surface area contributed by atoms with Crippen LogP contribution < -0.4 is 5.32 Å². The Labute approximate surface area is 102 Å². The standard InChI is InChI=1S/C11H16BrN.C2H6/c1-3-7-13-10-5-4-6-11(12)9(2)8-10;1-2/h4-6,13H,3,7-8H2,1-2H3;1-2H3. The molecule has 86 valence electrons. The predicted molar refractivity (Wildman–Crippen MR) is 73.1 cm³/mol. The van der Waals surface area contributed by atoms with Gasteiger partial charge in [0.05, 0.1) is 0 Å². The molecule has 0 atom stereocenters. The summed E-state index contributed by atoms with van der Waals surface area (Å²) in [6, 6.07) is 0. The van der Waals surface area contributed by atoms with E-state index in [0.717, 1.165) is 13.0 Å². The van der Waals surface area contributed by atoms with E-state index in [4.69, 9.17) is 0 Å². The molecule has 0 heterocycles. The maximum absolute atomic E-state index is 3.53. The molecule has 0 radical (unpaired) electrons.